The molecule has 2 heteroatoms. The molecular formula is C16H25NO. The highest BCUT2D eigenvalue weighted by atomic mass is 16.3. The van der Waals surface area contributed by atoms with Crippen molar-refractivity contribution in [2.24, 2.45) is 0 Å². The van der Waals surface area contributed by atoms with Gasteiger partial charge in [-0.2, -0.15) is 0 Å². The van der Waals surface area contributed by atoms with Gasteiger partial charge in [-0.25, -0.2) is 0 Å². The lowest BCUT2D eigenvalue weighted by Crippen LogP contribution is -2.41. The van der Waals surface area contributed by atoms with Crippen molar-refractivity contribution in [2.75, 3.05) is 19.7 Å². The minimum absolute atomic E-state index is 0.321. The lowest BCUT2D eigenvalue weighted by Gasteiger charge is -2.37. The van der Waals surface area contributed by atoms with Crippen LogP contribution in [0.15, 0.2) is 30.3 Å². The summed E-state index contributed by atoms with van der Waals surface area (Å²) < 4.78 is 0. The van der Waals surface area contributed by atoms with Crippen LogP contribution in [0.2, 0.25) is 0 Å². The van der Waals surface area contributed by atoms with Crippen LogP contribution in [-0.2, 0) is 6.42 Å². The third kappa shape index (κ3) is 4.11. The molecule has 0 heterocycles. The zero-order valence-corrected chi connectivity index (χ0v) is 11.2. The van der Waals surface area contributed by atoms with E-state index in [0.29, 0.717) is 6.61 Å². The summed E-state index contributed by atoms with van der Waals surface area (Å²) in [5.74, 6) is 0. The van der Waals surface area contributed by atoms with Gasteiger partial charge >= 0.3 is 0 Å². The molecule has 18 heavy (non-hydrogen) atoms. The topological polar surface area (TPSA) is 23.5 Å². The van der Waals surface area contributed by atoms with Crippen LogP contribution in [0.1, 0.15) is 37.7 Å². The Hall–Kier alpha value is -0.860. The number of hydrogen-bond donors (Lipinski definition) is 1. The maximum Gasteiger partial charge on any atom is 0.0443 e. The minimum atomic E-state index is 0.321. The number of nitrogens with zero attached hydrogens (tertiary/aromatic N) is 1. The highest BCUT2D eigenvalue weighted by Gasteiger charge is 2.23. The van der Waals surface area contributed by atoms with Gasteiger partial charge in [0.2, 0.25) is 0 Å². The van der Waals surface area contributed by atoms with Gasteiger partial charge in [-0.05, 0) is 44.2 Å². The molecule has 0 bridgehead atoms. The van der Waals surface area contributed by atoms with Crippen molar-refractivity contribution < 1.29 is 5.11 Å². The van der Waals surface area contributed by atoms with E-state index in [9.17, 15) is 0 Å². The van der Waals surface area contributed by atoms with Crippen molar-refractivity contribution in [3.8, 4) is 0 Å². The minimum Gasteiger partial charge on any atom is -0.396 e. The van der Waals surface area contributed by atoms with E-state index < -0.39 is 0 Å². The molecule has 100 valence electrons. The van der Waals surface area contributed by atoms with Crippen LogP contribution in [0.4, 0.5) is 0 Å². The summed E-state index contributed by atoms with van der Waals surface area (Å²) in [6.45, 7) is 2.57. The molecular weight excluding hydrogens is 222 g/mol. The average molecular weight is 247 g/mol. The summed E-state index contributed by atoms with van der Waals surface area (Å²) in [4.78, 5) is 2.59. The molecule has 1 aromatic carbocycles. The van der Waals surface area contributed by atoms with E-state index in [1.165, 1.54) is 44.2 Å². The zero-order chi connectivity index (χ0) is 12.6. The Morgan fingerprint density at radius 3 is 2.39 bits per heavy atom. The first-order valence-electron chi connectivity index (χ1n) is 7.29. The smallest absolute Gasteiger partial charge is 0.0443 e. The second kappa shape index (κ2) is 7.55. The second-order valence-electron chi connectivity index (χ2n) is 5.29. The van der Waals surface area contributed by atoms with Crippen LogP contribution < -0.4 is 0 Å². The SMILES string of the molecule is OCCCN(CCCc1ccccc1)C1CCC1. The first-order valence-corrected chi connectivity index (χ1v) is 7.29. The largest absolute Gasteiger partial charge is 0.396 e. The molecule has 0 atom stereocenters. The molecule has 2 rings (SSSR count). The molecule has 2 nitrogen and oxygen atoms in total. The van der Waals surface area contributed by atoms with E-state index in [1.807, 2.05) is 0 Å². The Kier molecular flexibility index (Phi) is 5.69. The second-order valence-corrected chi connectivity index (χ2v) is 5.29. The maximum absolute atomic E-state index is 8.96. The number of hydrogen-bond acceptors (Lipinski definition) is 2. The van der Waals surface area contributed by atoms with Gasteiger partial charge in [0, 0.05) is 19.2 Å². The Morgan fingerprint density at radius 1 is 1.06 bits per heavy atom. The number of rotatable bonds is 8. The summed E-state index contributed by atoms with van der Waals surface area (Å²) >= 11 is 0. The van der Waals surface area contributed by atoms with Crippen molar-refractivity contribution in [1.29, 1.82) is 0 Å². The number of aliphatic hydroxyl groups excluding tert-OH is 1. The van der Waals surface area contributed by atoms with E-state index in [-0.39, 0.29) is 0 Å². The van der Waals surface area contributed by atoms with Crippen LogP contribution in [-0.4, -0.2) is 35.7 Å². The molecule has 0 amide bonds. The molecule has 1 aliphatic rings. The average Bonchev–Trinajstić information content (AvgIpc) is 2.35. The summed E-state index contributed by atoms with van der Waals surface area (Å²) in [6, 6.07) is 11.5. The predicted octanol–water partition coefficient (Wildman–Crippen LogP) is 2.86. The molecule has 1 N–H and O–H groups in total. The van der Waals surface area contributed by atoms with Gasteiger partial charge in [-0.3, -0.25) is 0 Å². The molecule has 0 radical (unpaired) electrons. The number of aryl methyl sites for hydroxylation is 1. The van der Waals surface area contributed by atoms with E-state index in [0.717, 1.165) is 19.0 Å². The van der Waals surface area contributed by atoms with Gasteiger partial charge in [0.25, 0.3) is 0 Å². The van der Waals surface area contributed by atoms with Gasteiger partial charge in [-0.15, -0.1) is 0 Å². The lowest BCUT2D eigenvalue weighted by atomic mass is 9.91. The lowest BCUT2D eigenvalue weighted by molar-refractivity contribution is 0.115. The van der Waals surface area contributed by atoms with Crippen LogP contribution in [0, 0.1) is 0 Å². The van der Waals surface area contributed by atoms with E-state index in [1.54, 1.807) is 0 Å². The number of aliphatic hydroxyl groups is 1. The molecule has 1 aliphatic carbocycles. The first kappa shape index (κ1) is 13.6. The summed E-state index contributed by atoms with van der Waals surface area (Å²) in [6.07, 6.45) is 7.42. The van der Waals surface area contributed by atoms with Crippen molar-refractivity contribution in [2.45, 2.75) is 44.6 Å². The van der Waals surface area contributed by atoms with Gasteiger partial charge in [-0.1, -0.05) is 36.8 Å². The van der Waals surface area contributed by atoms with Crippen LogP contribution >= 0.6 is 0 Å². The third-order valence-corrected chi connectivity index (χ3v) is 3.95. The molecule has 1 saturated carbocycles. The van der Waals surface area contributed by atoms with Crippen molar-refractivity contribution >= 4 is 0 Å². The fourth-order valence-corrected chi connectivity index (χ4v) is 2.63. The monoisotopic (exact) mass is 247 g/mol. The molecule has 0 spiro atoms. The van der Waals surface area contributed by atoms with Crippen molar-refractivity contribution in [1.82, 2.24) is 4.90 Å². The predicted molar refractivity (Wildman–Crippen MR) is 75.7 cm³/mol. The van der Waals surface area contributed by atoms with Gasteiger partial charge in [0.1, 0.15) is 0 Å². The Balaban J connectivity index is 1.71. The number of benzene rings is 1. The molecule has 1 aromatic rings. The molecule has 0 unspecified atom stereocenters. The van der Waals surface area contributed by atoms with Crippen LogP contribution in [0.25, 0.3) is 0 Å². The van der Waals surface area contributed by atoms with E-state index >= 15 is 0 Å². The molecule has 0 saturated heterocycles. The summed E-state index contributed by atoms with van der Waals surface area (Å²) in [5, 5.41) is 8.96. The normalized spacial score (nSPS) is 15.9. The van der Waals surface area contributed by atoms with Gasteiger partial charge in [0.15, 0.2) is 0 Å². The standard InChI is InChI=1S/C16H25NO/c18-14-6-13-17(16-10-4-11-16)12-5-9-15-7-2-1-3-8-15/h1-3,7-8,16,18H,4-6,9-14H2. The summed E-state index contributed by atoms with van der Waals surface area (Å²) in [7, 11) is 0. The Labute approximate surface area is 111 Å². The van der Waals surface area contributed by atoms with E-state index in [4.69, 9.17) is 5.11 Å². The first-order chi connectivity index (χ1) is 8.90. The highest BCUT2D eigenvalue weighted by molar-refractivity contribution is 5.14. The molecule has 1 fully saturated rings. The van der Waals surface area contributed by atoms with Gasteiger partial charge in [0.05, 0.1) is 0 Å². The maximum atomic E-state index is 8.96. The fourth-order valence-electron chi connectivity index (χ4n) is 2.63. The Bertz CT molecular complexity index is 321. The van der Waals surface area contributed by atoms with E-state index in [2.05, 4.69) is 35.2 Å². The Morgan fingerprint density at radius 2 is 1.78 bits per heavy atom. The quantitative estimate of drug-likeness (QED) is 0.763. The highest BCUT2D eigenvalue weighted by Crippen LogP contribution is 2.25. The van der Waals surface area contributed by atoms with Gasteiger partial charge < -0.3 is 10.0 Å². The van der Waals surface area contributed by atoms with Crippen molar-refractivity contribution in [3.05, 3.63) is 35.9 Å². The zero-order valence-electron chi connectivity index (χ0n) is 11.2. The third-order valence-electron chi connectivity index (χ3n) is 3.95. The van der Waals surface area contributed by atoms with Crippen LogP contribution in [0.3, 0.4) is 0 Å². The van der Waals surface area contributed by atoms with Crippen molar-refractivity contribution in [3.63, 3.8) is 0 Å². The summed E-state index contributed by atoms with van der Waals surface area (Å²) in [5.41, 5.74) is 1.44. The fraction of sp³-hybridized carbons (Fsp3) is 0.625. The molecule has 0 aliphatic heterocycles. The van der Waals surface area contributed by atoms with Crippen LogP contribution in [0.5, 0.6) is 0 Å². The molecule has 0 aromatic heterocycles.